The maximum Gasteiger partial charge on any atom is 0.145 e. The molecular formula is C16H23ClFN. The van der Waals surface area contributed by atoms with Crippen molar-refractivity contribution in [2.75, 3.05) is 0 Å². The van der Waals surface area contributed by atoms with Gasteiger partial charge < -0.3 is 5.73 Å². The van der Waals surface area contributed by atoms with Gasteiger partial charge >= 0.3 is 0 Å². The summed E-state index contributed by atoms with van der Waals surface area (Å²) in [6.45, 7) is 3.98. The molecule has 0 aliphatic heterocycles. The highest BCUT2D eigenvalue weighted by atomic mass is 35.5. The average Bonchev–Trinajstić information content (AvgIpc) is 3.16. The monoisotopic (exact) mass is 283 g/mol. The molecule has 1 saturated carbocycles. The normalized spacial score (nSPS) is 16.9. The molecule has 1 fully saturated rings. The molecule has 1 aliphatic rings. The highest BCUT2D eigenvalue weighted by Crippen LogP contribution is 2.33. The van der Waals surface area contributed by atoms with Gasteiger partial charge in [0.05, 0.1) is 5.02 Å². The van der Waals surface area contributed by atoms with E-state index in [0.717, 1.165) is 30.7 Å². The quantitative estimate of drug-likeness (QED) is 0.807. The van der Waals surface area contributed by atoms with Crippen LogP contribution >= 0.6 is 11.6 Å². The maximum absolute atomic E-state index is 13.8. The van der Waals surface area contributed by atoms with E-state index in [1.807, 2.05) is 19.9 Å². The fourth-order valence-corrected chi connectivity index (χ4v) is 2.78. The van der Waals surface area contributed by atoms with Crippen LogP contribution in [0.25, 0.3) is 0 Å². The van der Waals surface area contributed by atoms with Gasteiger partial charge in [0.1, 0.15) is 5.82 Å². The van der Waals surface area contributed by atoms with Crippen molar-refractivity contribution in [2.24, 2.45) is 11.7 Å². The van der Waals surface area contributed by atoms with Gasteiger partial charge in [-0.05, 0) is 61.1 Å². The van der Waals surface area contributed by atoms with Crippen LogP contribution in [0, 0.1) is 11.7 Å². The summed E-state index contributed by atoms with van der Waals surface area (Å²) in [5.41, 5.74) is 7.93. The summed E-state index contributed by atoms with van der Waals surface area (Å²) >= 11 is 5.97. The Balaban J connectivity index is 1.95. The summed E-state index contributed by atoms with van der Waals surface area (Å²) in [6.07, 6.45) is 5.62. The second-order valence-corrected chi connectivity index (χ2v) is 6.44. The molecule has 0 radical (unpaired) electrons. The minimum absolute atomic E-state index is 0.158. The third-order valence-electron chi connectivity index (χ3n) is 3.97. The van der Waals surface area contributed by atoms with Gasteiger partial charge in [-0.1, -0.05) is 31.5 Å². The lowest BCUT2D eigenvalue weighted by Crippen LogP contribution is -2.22. The largest absolute Gasteiger partial charge is 0.327 e. The predicted molar refractivity (Wildman–Crippen MR) is 79.1 cm³/mol. The second-order valence-electron chi connectivity index (χ2n) is 6.03. The van der Waals surface area contributed by atoms with Crippen LogP contribution in [0.15, 0.2) is 12.1 Å². The molecule has 1 atom stereocenters. The molecule has 1 aromatic carbocycles. The molecule has 106 valence electrons. The van der Waals surface area contributed by atoms with Gasteiger partial charge in [-0.3, -0.25) is 0 Å². The zero-order valence-electron chi connectivity index (χ0n) is 11.8. The third kappa shape index (κ3) is 3.93. The van der Waals surface area contributed by atoms with E-state index in [1.54, 1.807) is 6.07 Å². The van der Waals surface area contributed by atoms with Gasteiger partial charge in [0.25, 0.3) is 0 Å². The lowest BCUT2D eigenvalue weighted by atomic mass is 9.96. The number of halogens is 2. The van der Waals surface area contributed by atoms with E-state index in [4.69, 9.17) is 17.3 Å². The number of nitrogens with two attached hydrogens (primary N) is 1. The van der Waals surface area contributed by atoms with Crippen LogP contribution < -0.4 is 5.73 Å². The summed E-state index contributed by atoms with van der Waals surface area (Å²) in [6, 6.07) is 4.06. The lowest BCUT2D eigenvalue weighted by Gasteiger charge is -2.13. The van der Waals surface area contributed by atoms with Crippen LogP contribution in [-0.4, -0.2) is 6.04 Å². The van der Waals surface area contributed by atoms with Crippen LogP contribution in [0.5, 0.6) is 0 Å². The van der Waals surface area contributed by atoms with Gasteiger partial charge in [-0.25, -0.2) is 4.39 Å². The molecule has 0 saturated heterocycles. The van der Waals surface area contributed by atoms with Crippen LogP contribution in [0.4, 0.5) is 4.39 Å². The molecular weight excluding hydrogens is 261 g/mol. The van der Waals surface area contributed by atoms with E-state index in [2.05, 4.69) is 0 Å². The maximum atomic E-state index is 13.8. The van der Waals surface area contributed by atoms with E-state index in [1.165, 1.54) is 12.8 Å². The highest BCUT2D eigenvalue weighted by molar-refractivity contribution is 6.30. The average molecular weight is 284 g/mol. The number of rotatable bonds is 6. The molecule has 1 nitrogen and oxygen atoms in total. The Morgan fingerprint density at radius 1 is 1.37 bits per heavy atom. The molecule has 2 rings (SSSR count). The zero-order chi connectivity index (χ0) is 14.0. The number of benzene rings is 1. The Labute approximate surface area is 120 Å². The minimum Gasteiger partial charge on any atom is -0.327 e. The molecule has 0 spiro atoms. The van der Waals surface area contributed by atoms with Crippen LogP contribution in [0.2, 0.25) is 5.02 Å². The van der Waals surface area contributed by atoms with Crippen molar-refractivity contribution in [2.45, 2.75) is 57.9 Å². The van der Waals surface area contributed by atoms with E-state index >= 15 is 0 Å². The topological polar surface area (TPSA) is 26.0 Å². The van der Waals surface area contributed by atoms with Crippen molar-refractivity contribution < 1.29 is 4.39 Å². The highest BCUT2D eigenvalue weighted by Gasteiger charge is 2.27. The lowest BCUT2D eigenvalue weighted by molar-refractivity contribution is 0.528. The first kappa shape index (κ1) is 14.8. The van der Waals surface area contributed by atoms with Crippen LogP contribution in [-0.2, 0) is 6.42 Å². The first-order valence-electron chi connectivity index (χ1n) is 7.22. The van der Waals surface area contributed by atoms with E-state index in [0.29, 0.717) is 11.6 Å². The Morgan fingerprint density at radius 2 is 2.05 bits per heavy atom. The van der Waals surface area contributed by atoms with Crippen LogP contribution in [0.1, 0.15) is 56.6 Å². The Bertz CT molecular complexity index is 441. The number of aryl methyl sites for hydroxylation is 1. The van der Waals surface area contributed by atoms with Crippen molar-refractivity contribution in [3.63, 3.8) is 0 Å². The fraction of sp³-hybridized carbons (Fsp3) is 0.625. The first-order chi connectivity index (χ1) is 8.99. The molecule has 0 aromatic heterocycles. The van der Waals surface area contributed by atoms with Gasteiger partial charge in [0, 0.05) is 6.04 Å². The van der Waals surface area contributed by atoms with E-state index in [-0.39, 0.29) is 16.8 Å². The van der Waals surface area contributed by atoms with Gasteiger partial charge in [-0.2, -0.15) is 0 Å². The second kappa shape index (κ2) is 6.23. The standard InChI is InChI=1S/C16H23ClFN/c1-10(2)13-8-11(9-14(17)16(13)18)4-3-5-15(19)12-6-7-12/h8-10,12,15H,3-7,19H2,1-2H3/t15-/m1/s1. The Morgan fingerprint density at radius 3 is 2.63 bits per heavy atom. The van der Waals surface area contributed by atoms with Crippen molar-refractivity contribution in [3.05, 3.63) is 34.1 Å². The fourth-order valence-electron chi connectivity index (χ4n) is 2.54. The Hall–Kier alpha value is -0.600. The summed E-state index contributed by atoms with van der Waals surface area (Å²) in [7, 11) is 0. The molecule has 19 heavy (non-hydrogen) atoms. The molecule has 2 N–H and O–H groups in total. The smallest absolute Gasteiger partial charge is 0.145 e. The van der Waals surface area contributed by atoms with Gasteiger partial charge in [0.2, 0.25) is 0 Å². The zero-order valence-corrected chi connectivity index (χ0v) is 12.5. The van der Waals surface area contributed by atoms with E-state index < -0.39 is 0 Å². The molecule has 0 bridgehead atoms. The van der Waals surface area contributed by atoms with Crippen molar-refractivity contribution in [1.82, 2.24) is 0 Å². The molecule has 0 unspecified atom stereocenters. The molecule has 0 heterocycles. The SMILES string of the molecule is CC(C)c1cc(CCC[C@@H](N)C2CC2)cc(Cl)c1F. The number of hydrogen-bond donors (Lipinski definition) is 1. The van der Waals surface area contributed by atoms with Crippen molar-refractivity contribution in [1.29, 1.82) is 0 Å². The van der Waals surface area contributed by atoms with Crippen molar-refractivity contribution in [3.8, 4) is 0 Å². The van der Waals surface area contributed by atoms with Gasteiger partial charge in [0.15, 0.2) is 0 Å². The molecule has 1 aliphatic carbocycles. The summed E-state index contributed by atoms with van der Waals surface area (Å²) in [5.74, 6) is 0.643. The third-order valence-corrected chi connectivity index (χ3v) is 4.24. The molecule has 1 aromatic rings. The first-order valence-corrected chi connectivity index (χ1v) is 7.60. The number of hydrogen-bond acceptors (Lipinski definition) is 1. The Kier molecular flexibility index (Phi) is 4.86. The summed E-state index contributed by atoms with van der Waals surface area (Å²) in [4.78, 5) is 0. The van der Waals surface area contributed by atoms with Gasteiger partial charge in [-0.15, -0.1) is 0 Å². The molecule has 3 heteroatoms. The summed E-state index contributed by atoms with van der Waals surface area (Å²) in [5, 5.41) is 0.243. The summed E-state index contributed by atoms with van der Waals surface area (Å²) < 4.78 is 13.8. The van der Waals surface area contributed by atoms with Crippen molar-refractivity contribution >= 4 is 11.6 Å². The van der Waals surface area contributed by atoms with Crippen LogP contribution in [0.3, 0.4) is 0 Å². The predicted octanol–water partition coefficient (Wildman–Crippen LogP) is 4.66. The van der Waals surface area contributed by atoms with E-state index in [9.17, 15) is 4.39 Å². The molecule has 0 amide bonds. The minimum atomic E-state index is -0.268.